The van der Waals surface area contributed by atoms with Crippen LogP contribution in [-0.2, 0) is 34.0 Å². The molecule has 3 aliphatic rings. The van der Waals surface area contributed by atoms with Gasteiger partial charge in [-0.15, -0.1) is 0 Å². The predicted octanol–water partition coefficient (Wildman–Crippen LogP) is 2.62. The van der Waals surface area contributed by atoms with Crippen molar-refractivity contribution in [2.24, 2.45) is 11.7 Å². The van der Waals surface area contributed by atoms with Crippen LogP contribution in [0.4, 0.5) is 11.4 Å². The lowest BCUT2D eigenvalue weighted by Crippen LogP contribution is -2.60. The van der Waals surface area contributed by atoms with Crippen molar-refractivity contribution >= 4 is 30.8 Å². The van der Waals surface area contributed by atoms with Crippen LogP contribution in [-0.4, -0.2) is 40.1 Å². The summed E-state index contributed by atoms with van der Waals surface area (Å²) in [5, 5.41) is 10.3. The molecule has 10 heteroatoms. The number of carbonyl (C=O) groups excluding carboxylic acids is 2. The maximum atomic E-state index is 14.4. The van der Waals surface area contributed by atoms with E-state index in [1.165, 1.54) is 24.0 Å². The van der Waals surface area contributed by atoms with E-state index in [-0.39, 0.29) is 11.0 Å². The number of hydrogen-bond acceptors (Lipinski definition) is 7. The number of hydrogen-bond donors (Lipinski definition) is 1. The summed E-state index contributed by atoms with van der Waals surface area (Å²) in [6.45, 7) is 0. The summed E-state index contributed by atoms with van der Waals surface area (Å²) in [4.78, 5) is 31.6. The summed E-state index contributed by atoms with van der Waals surface area (Å²) in [6, 6.07) is 16.1. The Morgan fingerprint density at radius 1 is 0.941 bits per heavy atom. The van der Waals surface area contributed by atoms with E-state index in [1.807, 2.05) is 0 Å². The molecule has 0 bridgehead atoms. The Kier molecular flexibility index (Phi) is 4.62. The molecular formula is C24H23N4O5P. The minimum atomic E-state index is -4.22. The quantitative estimate of drug-likeness (QED) is 0.672. The van der Waals surface area contributed by atoms with Crippen LogP contribution < -0.4 is 15.5 Å². The largest absolute Gasteiger partial charge is 0.400 e. The number of amides is 2. The first-order valence-corrected chi connectivity index (χ1v) is 12.1. The average Bonchev–Trinajstić information content (AvgIpc) is 3.34. The molecule has 2 heterocycles. The van der Waals surface area contributed by atoms with Gasteiger partial charge in [0.1, 0.15) is 16.7 Å². The van der Waals surface area contributed by atoms with Crippen LogP contribution >= 0.6 is 7.60 Å². The molecule has 0 radical (unpaired) electrons. The van der Waals surface area contributed by atoms with Gasteiger partial charge in [-0.2, -0.15) is 5.26 Å². The van der Waals surface area contributed by atoms with Gasteiger partial charge in [0.25, 0.3) is 0 Å². The van der Waals surface area contributed by atoms with Crippen molar-refractivity contribution in [3.63, 3.8) is 0 Å². The van der Waals surface area contributed by atoms with E-state index in [0.717, 1.165) is 0 Å². The molecule has 2 aromatic carbocycles. The lowest BCUT2D eigenvalue weighted by Gasteiger charge is -2.42. The van der Waals surface area contributed by atoms with Gasteiger partial charge < -0.3 is 24.6 Å². The van der Waals surface area contributed by atoms with Gasteiger partial charge in [-0.3, -0.25) is 14.2 Å². The number of benzene rings is 2. The Bertz CT molecular complexity index is 1390. The van der Waals surface area contributed by atoms with Gasteiger partial charge in [-0.25, -0.2) is 0 Å². The third kappa shape index (κ3) is 2.10. The number of nitriles is 1. The summed E-state index contributed by atoms with van der Waals surface area (Å²) in [7, 11) is 1.33. The first kappa shape index (κ1) is 22.4. The Morgan fingerprint density at radius 2 is 1.44 bits per heavy atom. The molecule has 1 aliphatic carbocycles. The fraction of sp³-hybridized carbons (Fsp3) is 0.292. The number of nitrogens with zero attached hydrogens (tertiary/aromatic N) is 3. The third-order valence-corrected chi connectivity index (χ3v) is 9.58. The van der Waals surface area contributed by atoms with E-state index in [4.69, 9.17) is 14.8 Å². The molecule has 0 aromatic heterocycles. The second-order valence-electron chi connectivity index (χ2n) is 8.55. The van der Waals surface area contributed by atoms with Gasteiger partial charge in [0.15, 0.2) is 0 Å². The molecule has 0 saturated carbocycles. The maximum Gasteiger partial charge on any atom is 0.360 e. The lowest BCUT2D eigenvalue weighted by atomic mass is 9.56. The van der Waals surface area contributed by atoms with Crippen molar-refractivity contribution in [3.8, 4) is 6.07 Å². The molecule has 2 spiro atoms. The molecular weight excluding hydrogens is 455 g/mol. The van der Waals surface area contributed by atoms with E-state index < -0.39 is 36.2 Å². The van der Waals surface area contributed by atoms with Gasteiger partial charge in [0, 0.05) is 45.4 Å². The second-order valence-corrected chi connectivity index (χ2v) is 10.7. The summed E-state index contributed by atoms with van der Waals surface area (Å²) in [5.74, 6) is -2.32. The first-order valence-electron chi connectivity index (χ1n) is 10.6. The highest BCUT2D eigenvalue weighted by molar-refractivity contribution is 7.58. The summed E-state index contributed by atoms with van der Waals surface area (Å²) in [5.41, 5.74) is 4.68. The maximum absolute atomic E-state index is 14.4. The predicted molar refractivity (Wildman–Crippen MR) is 125 cm³/mol. The normalized spacial score (nSPS) is 27.7. The van der Waals surface area contributed by atoms with Crippen molar-refractivity contribution in [3.05, 3.63) is 70.7 Å². The summed E-state index contributed by atoms with van der Waals surface area (Å²) < 4.78 is 24.8. The fourth-order valence-corrected chi connectivity index (χ4v) is 7.94. The standard InChI is InChI=1S/C24H23N4O5P/c1-27-17-11-7-5-9-14(17)23(21(27)29)16(13-25)19(26)20(34(31,32-3)33-4)24(23)15-10-6-8-12-18(15)28(2)22(24)30/h5-12,16H,26H2,1-4H3/t16-,23?,24?/m0/s1. The monoisotopic (exact) mass is 478 g/mol. The van der Waals surface area contributed by atoms with Crippen LogP contribution in [0.1, 0.15) is 11.1 Å². The average molecular weight is 478 g/mol. The van der Waals surface area contributed by atoms with Crippen molar-refractivity contribution < 1.29 is 23.2 Å². The lowest BCUT2D eigenvalue weighted by molar-refractivity contribution is -0.133. The van der Waals surface area contributed by atoms with Gasteiger partial charge >= 0.3 is 7.60 Å². The highest BCUT2D eigenvalue weighted by atomic mass is 31.2. The second kappa shape index (κ2) is 7.03. The number of anilines is 2. The number of carbonyl (C=O) groups is 2. The molecule has 0 saturated heterocycles. The minimum Gasteiger partial charge on any atom is -0.400 e. The zero-order valence-electron chi connectivity index (χ0n) is 19.1. The molecule has 2 N–H and O–H groups in total. The molecule has 2 aliphatic heterocycles. The summed E-state index contributed by atoms with van der Waals surface area (Å²) in [6.07, 6.45) is 0. The molecule has 2 amide bonds. The highest BCUT2D eigenvalue weighted by Gasteiger charge is 2.81. The zero-order chi connectivity index (χ0) is 24.6. The van der Waals surface area contributed by atoms with E-state index in [9.17, 15) is 19.4 Å². The molecule has 2 aromatic rings. The number of fused-ring (bicyclic) bond motifs is 5. The SMILES string of the molecule is COP(=O)(OC)C1=C(N)[C@H](C#N)C2(C(=O)N(C)c3ccccc32)C12C(=O)N(C)c1ccccc12. The smallest absolute Gasteiger partial charge is 0.360 e. The van der Waals surface area contributed by atoms with Crippen LogP contribution in [0, 0.1) is 17.2 Å². The van der Waals surface area contributed by atoms with E-state index >= 15 is 0 Å². The van der Waals surface area contributed by atoms with Gasteiger partial charge in [0.2, 0.25) is 11.8 Å². The van der Waals surface area contributed by atoms with E-state index in [0.29, 0.717) is 22.5 Å². The molecule has 34 heavy (non-hydrogen) atoms. The molecule has 5 rings (SSSR count). The number of para-hydroxylation sites is 2. The Hall–Kier alpha value is -3.44. The van der Waals surface area contributed by atoms with Crippen LogP contribution in [0.5, 0.6) is 0 Å². The van der Waals surface area contributed by atoms with Crippen molar-refractivity contribution in [2.75, 3.05) is 38.1 Å². The first-order chi connectivity index (χ1) is 16.2. The van der Waals surface area contributed by atoms with Crippen molar-refractivity contribution in [1.82, 2.24) is 0 Å². The van der Waals surface area contributed by atoms with Crippen LogP contribution in [0.15, 0.2) is 59.5 Å². The number of rotatable bonds is 3. The zero-order valence-corrected chi connectivity index (χ0v) is 20.0. The molecule has 3 atom stereocenters. The summed E-state index contributed by atoms with van der Waals surface area (Å²) >= 11 is 0. The molecule has 2 unspecified atom stereocenters. The molecule has 174 valence electrons. The van der Waals surface area contributed by atoms with Crippen LogP contribution in [0.25, 0.3) is 0 Å². The Balaban J connectivity index is 2.06. The van der Waals surface area contributed by atoms with Gasteiger partial charge in [0.05, 0.1) is 11.4 Å². The molecule has 0 fully saturated rings. The number of allylic oxidation sites excluding steroid dienone is 1. The Labute approximate surface area is 196 Å². The van der Waals surface area contributed by atoms with Crippen LogP contribution in [0.2, 0.25) is 0 Å². The van der Waals surface area contributed by atoms with Gasteiger partial charge in [-0.1, -0.05) is 36.4 Å². The number of likely N-dealkylation sites (N-methyl/N-ethyl adjacent to an activating group) is 2. The fourth-order valence-electron chi connectivity index (χ4n) is 6.18. The highest BCUT2D eigenvalue weighted by Crippen LogP contribution is 2.76. The Morgan fingerprint density at radius 3 is 2.00 bits per heavy atom. The van der Waals surface area contributed by atoms with E-state index in [2.05, 4.69) is 6.07 Å². The van der Waals surface area contributed by atoms with E-state index in [1.54, 1.807) is 62.6 Å². The van der Waals surface area contributed by atoms with Gasteiger partial charge in [-0.05, 0) is 23.3 Å². The van der Waals surface area contributed by atoms with Crippen molar-refractivity contribution in [1.29, 1.82) is 5.26 Å². The minimum absolute atomic E-state index is 0.147. The van der Waals surface area contributed by atoms with Crippen molar-refractivity contribution in [2.45, 2.75) is 10.8 Å². The number of nitrogens with two attached hydrogens (primary N) is 1. The third-order valence-electron chi connectivity index (χ3n) is 7.47. The van der Waals surface area contributed by atoms with Crippen LogP contribution in [0.3, 0.4) is 0 Å². The topological polar surface area (TPSA) is 126 Å². The molecule has 9 nitrogen and oxygen atoms in total.